The summed E-state index contributed by atoms with van der Waals surface area (Å²) in [6, 6.07) is -0.407. The SMILES string of the molecule is COCCNC(=O)C(=O)N(C)C1CCS(=O)(=O)C1. The van der Waals surface area contributed by atoms with Crippen LogP contribution in [0.1, 0.15) is 6.42 Å². The van der Waals surface area contributed by atoms with Crippen molar-refractivity contribution in [2.45, 2.75) is 12.5 Å². The zero-order valence-corrected chi connectivity index (χ0v) is 11.3. The van der Waals surface area contributed by atoms with Crippen molar-refractivity contribution in [1.82, 2.24) is 10.2 Å². The smallest absolute Gasteiger partial charge is 0.311 e. The molecule has 1 aliphatic rings. The van der Waals surface area contributed by atoms with Crippen LogP contribution in [-0.4, -0.2) is 70.0 Å². The van der Waals surface area contributed by atoms with E-state index < -0.39 is 27.7 Å². The average molecular weight is 278 g/mol. The van der Waals surface area contributed by atoms with Crippen molar-refractivity contribution in [3.05, 3.63) is 0 Å². The molecule has 1 atom stereocenters. The highest BCUT2D eigenvalue weighted by molar-refractivity contribution is 7.91. The molecule has 0 saturated carbocycles. The first-order valence-corrected chi connectivity index (χ1v) is 7.44. The Labute approximate surface area is 106 Å². The number of hydrogen-bond donors (Lipinski definition) is 1. The van der Waals surface area contributed by atoms with Crippen molar-refractivity contribution in [2.75, 3.05) is 38.8 Å². The summed E-state index contributed by atoms with van der Waals surface area (Å²) in [5.41, 5.74) is 0. The van der Waals surface area contributed by atoms with Crippen molar-refractivity contribution in [3.63, 3.8) is 0 Å². The fourth-order valence-electron chi connectivity index (χ4n) is 1.75. The van der Waals surface area contributed by atoms with E-state index in [1.807, 2.05) is 0 Å². The zero-order chi connectivity index (χ0) is 13.8. The number of sulfone groups is 1. The lowest BCUT2D eigenvalue weighted by Gasteiger charge is -2.22. The Morgan fingerprint density at radius 2 is 2.11 bits per heavy atom. The molecule has 1 aliphatic heterocycles. The number of hydrogen-bond acceptors (Lipinski definition) is 5. The van der Waals surface area contributed by atoms with Crippen LogP contribution in [0.3, 0.4) is 0 Å². The number of likely N-dealkylation sites (N-methyl/N-ethyl adjacent to an activating group) is 1. The van der Waals surface area contributed by atoms with E-state index in [1.54, 1.807) is 0 Å². The van der Waals surface area contributed by atoms with E-state index in [0.717, 1.165) is 0 Å². The van der Waals surface area contributed by atoms with Gasteiger partial charge in [0.05, 0.1) is 18.1 Å². The Morgan fingerprint density at radius 1 is 1.44 bits per heavy atom. The van der Waals surface area contributed by atoms with Crippen LogP contribution in [-0.2, 0) is 24.2 Å². The van der Waals surface area contributed by atoms with Gasteiger partial charge in [-0.05, 0) is 6.42 Å². The van der Waals surface area contributed by atoms with Crippen molar-refractivity contribution >= 4 is 21.7 Å². The number of amides is 2. The Morgan fingerprint density at radius 3 is 2.61 bits per heavy atom. The molecule has 0 aromatic heterocycles. The van der Waals surface area contributed by atoms with Crippen molar-refractivity contribution in [1.29, 1.82) is 0 Å². The molecule has 2 amide bonds. The van der Waals surface area contributed by atoms with E-state index in [9.17, 15) is 18.0 Å². The largest absolute Gasteiger partial charge is 0.383 e. The van der Waals surface area contributed by atoms with E-state index in [-0.39, 0.29) is 18.1 Å². The van der Waals surface area contributed by atoms with Gasteiger partial charge in [-0.1, -0.05) is 0 Å². The zero-order valence-electron chi connectivity index (χ0n) is 10.5. The summed E-state index contributed by atoms with van der Waals surface area (Å²) in [6.07, 6.45) is 0.385. The molecule has 0 bridgehead atoms. The highest BCUT2D eigenvalue weighted by Crippen LogP contribution is 2.16. The summed E-state index contributed by atoms with van der Waals surface area (Å²) < 4.78 is 27.3. The van der Waals surface area contributed by atoms with Crippen LogP contribution in [0, 0.1) is 0 Å². The quantitative estimate of drug-likeness (QED) is 0.493. The number of nitrogens with one attached hydrogen (secondary N) is 1. The predicted octanol–water partition coefficient (Wildman–Crippen LogP) is -1.61. The molecule has 7 nitrogen and oxygen atoms in total. The Hall–Kier alpha value is -1.15. The highest BCUT2D eigenvalue weighted by atomic mass is 32.2. The second-order valence-electron chi connectivity index (χ2n) is 4.22. The van der Waals surface area contributed by atoms with Gasteiger partial charge in [-0.25, -0.2) is 8.42 Å². The monoisotopic (exact) mass is 278 g/mol. The third kappa shape index (κ3) is 3.95. The molecule has 0 radical (unpaired) electrons. The maximum Gasteiger partial charge on any atom is 0.311 e. The first kappa shape index (κ1) is 14.9. The van der Waals surface area contributed by atoms with E-state index in [1.165, 1.54) is 19.1 Å². The van der Waals surface area contributed by atoms with Gasteiger partial charge in [0.2, 0.25) is 0 Å². The maximum absolute atomic E-state index is 11.7. The van der Waals surface area contributed by atoms with Gasteiger partial charge in [0.1, 0.15) is 0 Å². The summed E-state index contributed by atoms with van der Waals surface area (Å²) in [5, 5.41) is 2.40. The lowest BCUT2D eigenvalue weighted by molar-refractivity contribution is -0.146. The van der Waals surface area contributed by atoms with Crippen LogP contribution in [0.15, 0.2) is 0 Å². The minimum absolute atomic E-state index is 0.0689. The summed E-state index contributed by atoms with van der Waals surface area (Å²) >= 11 is 0. The lowest BCUT2D eigenvalue weighted by Crippen LogP contribution is -2.46. The third-order valence-electron chi connectivity index (χ3n) is 2.86. The normalized spacial score (nSPS) is 21.6. The molecule has 1 saturated heterocycles. The molecule has 104 valence electrons. The number of carbonyl (C=O) groups is 2. The number of ether oxygens (including phenoxy) is 1. The predicted molar refractivity (Wildman–Crippen MR) is 64.7 cm³/mol. The summed E-state index contributed by atoms with van der Waals surface area (Å²) in [5.74, 6) is -1.45. The Balaban J connectivity index is 2.49. The molecule has 1 N–H and O–H groups in total. The van der Waals surface area contributed by atoms with Crippen molar-refractivity contribution in [2.24, 2.45) is 0 Å². The third-order valence-corrected chi connectivity index (χ3v) is 4.61. The molecule has 1 heterocycles. The molecule has 8 heteroatoms. The van der Waals surface area contributed by atoms with Gasteiger partial charge in [-0.15, -0.1) is 0 Å². The van der Waals surface area contributed by atoms with Crippen LogP contribution in [0.5, 0.6) is 0 Å². The van der Waals surface area contributed by atoms with Crippen molar-refractivity contribution in [3.8, 4) is 0 Å². The minimum Gasteiger partial charge on any atom is -0.383 e. The van der Waals surface area contributed by atoms with E-state index in [2.05, 4.69) is 5.32 Å². The van der Waals surface area contributed by atoms with Gasteiger partial charge in [0, 0.05) is 26.7 Å². The molecule has 0 aliphatic carbocycles. The number of rotatable bonds is 4. The van der Waals surface area contributed by atoms with Gasteiger partial charge >= 0.3 is 11.8 Å². The average Bonchev–Trinajstić information content (AvgIpc) is 2.68. The van der Waals surface area contributed by atoms with Gasteiger partial charge in [-0.3, -0.25) is 9.59 Å². The molecule has 0 spiro atoms. The van der Waals surface area contributed by atoms with Crippen LogP contribution < -0.4 is 5.32 Å². The van der Waals surface area contributed by atoms with Gasteiger partial charge in [0.25, 0.3) is 0 Å². The van der Waals surface area contributed by atoms with E-state index >= 15 is 0 Å². The fraction of sp³-hybridized carbons (Fsp3) is 0.800. The highest BCUT2D eigenvalue weighted by Gasteiger charge is 2.34. The minimum atomic E-state index is -3.07. The van der Waals surface area contributed by atoms with Crippen LogP contribution in [0.4, 0.5) is 0 Å². The molecular weight excluding hydrogens is 260 g/mol. The second-order valence-corrected chi connectivity index (χ2v) is 6.45. The molecule has 0 aromatic carbocycles. The first-order chi connectivity index (χ1) is 8.37. The second kappa shape index (κ2) is 6.14. The Bertz CT molecular complexity index is 420. The van der Waals surface area contributed by atoms with Gasteiger partial charge < -0.3 is 15.0 Å². The molecule has 1 rings (SSSR count). The topological polar surface area (TPSA) is 92.8 Å². The van der Waals surface area contributed by atoms with Gasteiger partial charge in [-0.2, -0.15) is 0 Å². The van der Waals surface area contributed by atoms with Crippen LogP contribution in [0.25, 0.3) is 0 Å². The molecule has 18 heavy (non-hydrogen) atoms. The fourth-order valence-corrected chi connectivity index (χ4v) is 3.52. The van der Waals surface area contributed by atoms with Gasteiger partial charge in [0.15, 0.2) is 9.84 Å². The number of carbonyl (C=O) groups excluding carboxylic acids is 2. The molecular formula is C10H18N2O5S. The lowest BCUT2D eigenvalue weighted by atomic mass is 10.2. The molecule has 1 fully saturated rings. The Kier molecular flexibility index (Phi) is 5.09. The molecule has 1 unspecified atom stereocenters. The van der Waals surface area contributed by atoms with Crippen LogP contribution in [0.2, 0.25) is 0 Å². The first-order valence-electron chi connectivity index (χ1n) is 5.61. The summed E-state index contributed by atoms with van der Waals surface area (Å²) in [6.45, 7) is 0.568. The van der Waals surface area contributed by atoms with E-state index in [0.29, 0.717) is 13.0 Å². The van der Waals surface area contributed by atoms with E-state index in [4.69, 9.17) is 4.74 Å². The summed E-state index contributed by atoms with van der Waals surface area (Å²) in [7, 11) is -0.128. The molecule has 0 aromatic rings. The summed E-state index contributed by atoms with van der Waals surface area (Å²) in [4.78, 5) is 24.4. The van der Waals surface area contributed by atoms with Crippen molar-refractivity contribution < 1.29 is 22.7 Å². The maximum atomic E-state index is 11.7. The number of methoxy groups -OCH3 is 1. The standard InChI is InChI=1S/C10H18N2O5S/c1-12(8-3-6-18(15,16)7-8)10(14)9(13)11-4-5-17-2/h8H,3-7H2,1-2H3,(H,11,13). The number of nitrogens with zero attached hydrogens (tertiary/aromatic N) is 1. The van der Waals surface area contributed by atoms with Crippen LogP contribution >= 0.6 is 0 Å².